The van der Waals surface area contributed by atoms with Gasteiger partial charge in [0.1, 0.15) is 5.54 Å². The molecule has 0 heterocycles. The van der Waals surface area contributed by atoms with Crippen molar-refractivity contribution in [2.75, 3.05) is 12.8 Å². The van der Waals surface area contributed by atoms with Crippen molar-refractivity contribution < 1.29 is 16.8 Å². The Bertz CT molecular complexity index is 834. The van der Waals surface area contributed by atoms with Gasteiger partial charge in [-0.3, -0.25) is 0 Å². The molecular weight excluding hydrogens is 336 g/mol. The predicted molar refractivity (Wildman–Crippen MR) is 85.9 cm³/mol. The molecule has 0 aliphatic heterocycles. The van der Waals surface area contributed by atoms with Crippen LogP contribution in [0.1, 0.15) is 26.7 Å². The van der Waals surface area contributed by atoms with Crippen LogP contribution < -0.4 is 0 Å². The number of benzene rings is 1. The minimum absolute atomic E-state index is 0.0165. The molecule has 1 aromatic rings. The molecule has 8 heteroatoms. The van der Waals surface area contributed by atoms with Gasteiger partial charge in [-0.15, -0.1) is 0 Å². The lowest BCUT2D eigenvalue weighted by molar-refractivity contribution is 0.276. The first kappa shape index (κ1) is 17.9. The number of sulfone groups is 1. The van der Waals surface area contributed by atoms with Gasteiger partial charge in [0.05, 0.1) is 21.6 Å². The summed E-state index contributed by atoms with van der Waals surface area (Å²) in [7, 11) is -5.85. The smallest absolute Gasteiger partial charge is 0.224 e. The molecule has 1 atom stereocenters. The van der Waals surface area contributed by atoms with Gasteiger partial charge in [-0.1, -0.05) is 6.92 Å². The Morgan fingerprint density at radius 3 is 2.04 bits per heavy atom. The van der Waals surface area contributed by atoms with E-state index in [1.54, 1.807) is 6.92 Å². The van der Waals surface area contributed by atoms with E-state index in [2.05, 4.69) is 6.07 Å². The second-order valence-electron chi connectivity index (χ2n) is 5.88. The monoisotopic (exact) mass is 356 g/mol. The van der Waals surface area contributed by atoms with Crippen LogP contribution in [0.15, 0.2) is 34.1 Å². The topological polar surface area (TPSA) is 95.3 Å². The summed E-state index contributed by atoms with van der Waals surface area (Å²) in [6.45, 7) is 3.15. The van der Waals surface area contributed by atoms with Crippen LogP contribution >= 0.6 is 0 Å². The van der Waals surface area contributed by atoms with E-state index in [4.69, 9.17) is 0 Å². The van der Waals surface area contributed by atoms with Crippen LogP contribution in [0.2, 0.25) is 0 Å². The lowest BCUT2D eigenvalue weighted by atomic mass is 9.99. The number of sulfonamides is 1. The molecule has 1 saturated carbocycles. The molecule has 1 fully saturated rings. The molecule has 0 spiro atoms. The van der Waals surface area contributed by atoms with E-state index < -0.39 is 25.4 Å². The van der Waals surface area contributed by atoms with Gasteiger partial charge in [0.2, 0.25) is 10.0 Å². The van der Waals surface area contributed by atoms with E-state index in [1.807, 2.05) is 0 Å². The molecule has 6 nitrogen and oxygen atoms in total. The fraction of sp³-hybridized carbons (Fsp3) is 0.533. The molecule has 2 rings (SSSR count). The maximum absolute atomic E-state index is 12.7. The number of rotatable bonds is 6. The van der Waals surface area contributed by atoms with Crippen molar-refractivity contribution in [1.82, 2.24) is 4.31 Å². The minimum Gasteiger partial charge on any atom is -0.224 e. The van der Waals surface area contributed by atoms with Crippen molar-refractivity contribution in [2.45, 2.75) is 42.0 Å². The Labute approximate surface area is 137 Å². The lowest BCUT2D eigenvalue weighted by Gasteiger charge is -2.32. The standard InChI is InChI=1S/C15H20N2O4S2/c1-4-22(18,19)13-7-9-14(10-8-13)23(20,21)17(3)15(2,11-16)12-5-6-12/h7-10,12H,4-6H2,1-3H3. The van der Waals surface area contributed by atoms with Crippen molar-refractivity contribution >= 4 is 19.9 Å². The third kappa shape index (κ3) is 3.13. The van der Waals surface area contributed by atoms with Crippen molar-refractivity contribution in [2.24, 2.45) is 5.92 Å². The largest absolute Gasteiger partial charge is 0.244 e. The molecule has 126 valence electrons. The van der Waals surface area contributed by atoms with Gasteiger partial charge in [-0.05, 0) is 49.9 Å². The fourth-order valence-corrected chi connectivity index (χ4v) is 4.83. The number of nitrogens with zero attached hydrogens (tertiary/aromatic N) is 2. The van der Waals surface area contributed by atoms with Crippen molar-refractivity contribution in [3.8, 4) is 6.07 Å². The van der Waals surface area contributed by atoms with Crippen molar-refractivity contribution in [1.29, 1.82) is 5.26 Å². The zero-order chi connectivity index (χ0) is 17.5. The van der Waals surface area contributed by atoms with Crippen LogP contribution in [0.4, 0.5) is 0 Å². The summed E-state index contributed by atoms with van der Waals surface area (Å²) in [6, 6.07) is 7.25. The van der Waals surface area contributed by atoms with Gasteiger partial charge >= 0.3 is 0 Å². The highest BCUT2D eigenvalue weighted by Crippen LogP contribution is 2.43. The summed E-state index contributed by atoms with van der Waals surface area (Å²) in [6.07, 6.45) is 1.66. The van der Waals surface area contributed by atoms with Crippen LogP contribution in [-0.2, 0) is 19.9 Å². The molecule has 0 bridgehead atoms. The molecule has 0 N–H and O–H groups in total. The van der Waals surface area contributed by atoms with Crippen LogP contribution in [-0.4, -0.2) is 39.5 Å². The molecule has 0 radical (unpaired) electrons. The first-order valence-corrected chi connectivity index (χ1v) is 10.4. The number of nitriles is 1. The minimum atomic E-state index is -3.87. The molecular formula is C15H20N2O4S2. The molecule has 0 amide bonds. The lowest BCUT2D eigenvalue weighted by Crippen LogP contribution is -2.47. The van der Waals surface area contributed by atoms with Gasteiger partial charge < -0.3 is 0 Å². The van der Waals surface area contributed by atoms with Crippen LogP contribution in [0.25, 0.3) is 0 Å². The van der Waals surface area contributed by atoms with Crippen molar-refractivity contribution in [3.05, 3.63) is 24.3 Å². The molecule has 1 aliphatic rings. The maximum Gasteiger partial charge on any atom is 0.244 e. The second kappa shape index (κ2) is 5.89. The van der Waals surface area contributed by atoms with Crippen LogP contribution in [0, 0.1) is 17.2 Å². The van der Waals surface area contributed by atoms with E-state index in [0.717, 1.165) is 17.1 Å². The highest BCUT2D eigenvalue weighted by Gasteiger charge is 2.49. The summed E-state index contributed by atoms with van der Waals surface area (Å²) in [5.41, 5.74) is -1.09. The van der Waals surface area contributed by atoms with Gasteiger partial charge in [0, 0.05) is 7.05 Å². The normalized spacial score (nSPS) is 18.4. The van der Waals surface area contributed by atoms with E-state index in [1.165, 1.54) is 38.2 Å². The van der Waals surface area contributed by atoms with Crippen molar-refractivity contribution in [3.63, 3.8) is 0 Å². The molecule has 1 aromatic carbocycles. The van der Waals surface area contributed by atoms with E-state index in [9.17, 15) is 22.1 Å². The second-order valence-corrected chi connectivity index (χ2v) is 10.1. The fourth-order valence-electron chi connectivity index (χ4n) is 2.46. The SMILES string of the molecule is CCS(=O)(=O)c1ccc(S(=O)(=O)N(C)C(C)(C#N)C2CC2)cc1. The molecule has 1 unspecified atom stereocenters. The highest BCUT2D eigenvalue weighted by molar-refractivity contribution is 7.91. The third-order valence-electron chi connectivity index (χ3n) is 4.47. The van der Waals surface area contributed by atoms with Gasteiger partial charge in [-0.25, -0.2) is 16.8 Å². The average molecular weight is 356 g/mol. The van der Waals surface area contributed by atoms with Gasteiger partial charge in [0.15, 0.2) is 9.84 Å². The molecule has 1 aliphatic carbocycles. The van der Waals surface area contributed by atoms with E-state index in [-0.39, 0.29) is 21.5 Å². The Morgan fingerprint density at radius 2 is 1.65 bits per heavy atom. The van der Waals surface area contributed by atoms with Gasteiger partial charge in [0.25, 0.3) is 0 Å². The zero-order valence-electron chi connectivity index (χ0n) is 13.4. The summed E-state index contributed by atoms with van der Waals surface area (Å²) >= 11 is 0. The summed E-state index contributed by atoms with van der Waals surface area (Å²) < 4.78 is 50.1. The predicted octanol–water partition coefficient (Wildman–Crippen LogP) is 1.79. The first-order chi connectivity index (χ1) is 10.6. The van der Waals surface area contributed by atoms with Crippen LogP contribution in [0.3, 0.4) is 0 Å². The summed E-state index contributed by atoms with van der Waals surface area (Å²) in [5, 5.41) is 9.42. The maximum atomic E-state index is 12.7. The highest BCUT2D eigenvalue weighted by atomic mass is 32.2. The summed E-state index contributed by atoms with van der Waals surface area (Å²) in [5.74, 6) is -0.0142. The van der Waals surface area contributed by atoms with Gasteiger partial charge in [-0.2, -0.15) is 9.57 Å². The Hall–Kier alpha value is -1.43. The summed E-state index contributed by atoms with van der Waals surface area (Å²) in [4.78, 5) is 0.0732. The zero-order valence-corrected chi connectivity index (χ0v) is 15.0. The number of hydrogen-bond acceptors (Lipinski definition) is 5. The first-order valence-electron chi connectivity index (χ1n) is 7.32. The Balaban J connectivity index is 2.39. The van der Waals surface area contributed by atoms with E-state index >= 15 is 0 Å². The molecule has 23 heavy (non-hydrogen) atoms. The molecule has 0 aromatic heterocycles. The van der Waals surface area contributed by atoms with E-state index in [0.29, 0.717) is 0 Å². The quantitative estimate of drug-likeness (QED) is 0.774. The third-order valence-corrected chi connectivity index (χ3v) is 8.19. The average Bonchev–Trinajstić information content (AvgIpc) is 3.38. The van der Waals surface area contributed by atoms with Crippen LogP contribution in [0.5, 0.6) is 0 Å². The Morgan fingerprint density at radius 1 is 1.17 bits per heavy atom. The molecule has 0 saturated heterocycles. The Kier molecular flexibility index (Phi) is 4.59. The number of hydrogen-bond donors (Lipinski definition) is 0.